The summed E-state index contributed by atoms with van der Waals surface area (Å²) in [5.74, 6) is 2.10. The highest BCUT2D eigenvalue weighted by Crippen LogP contribution is 2.38. The second-order valence-electron chi connectivity index (χ2n) is 5.65. The van der Waals surface area contributed by atoms with E-state index in [4.69, 9.17) is 21.1 Å². The Kier molecular flexibility index (Phi) is 4.73. The molecule has 0 bridgehead atoms. The molecule has 120 valence electrons. The largest absolute Gasteiger partial charge is 0.489 e. The van der Waals surface area contributed by atoms with Crippen LogP contribution in [0.3, 0.4) is 0 Å². The Hall–Kier alpha value is -1.07. The summed E-state index contributed by atoms with van der Waals surface area (Å²) in [5, 5.41) is 0.878. The van der Waals surface area contributed by atoms with Gasteiger partial charge in [0.2, 0.25) is 0 Å². The lowest BCUT2D eigenvalue weighted by molar-refractivity contribution is 0.0697. The smallest absolute Gasteiger partial charge is 0.254 e. The van der Waals surface area contributed by atoms with Crippen LogP contribution in [0.5, 0.6) is 11.5 Å². The maximum Gasteiger partial charge on any atom is 0.254 e. The predicted octanol–water partition coefficient (Wildman–Crippen LogP) is 3.47. The highest BCUT2D eigenvalue weighted by atomic mass is 35.5. The number of fused-ring (bicyclic) bond motifs is 1. The summed E-state index contributed by atoms with van der Waals surface area (Å²) in [5.41, 5.74) is 0.570. The quantitative estimate of drug-likeness (QED) is 0.784. The van der Waals surface area contributed by atoms with E-state index in [-0.39, 0.29) is 11.9 Å². The Bertz CT molecular complexity index is 581. The monoisotopic (exact) mass is 341 g/mol. The molecule has 0 radical (unpaired) electrons. The van der Waals surface area contributed by atoms with Crippen molar-refractivity contribution in [2.75, 3.05) is 25.5 Å². The number of benzene rings is 1. The third-order valence-corrected chi connectivity index (χ3v) is 5.81. The molecule has 2 heterocycles. The number of ether oxygens (including phenoxy) is 2. The first-order valence-electron chi connectivity index (χ1n) is 7.59. The van der Waals surface area contributed by atoms with Gasteiger partial charge in [0.25, 0.3) is 5.91 Å². The lowest BCUT2D eigenvalue weighted by atomic mass is 10.1. The number of thioether (sulfide) groups is 1. The maximum absolute atomic E-state index is 12.8. The molecule has 1 aromatic rings. The van der Waals surface area contributed by atoms with Gasteiger partial charge >= 0.3 is 0 Å². The highest BCUT2D eigenvalue weighted by molar-refractivity contribution is 8.00. The molecule has 1 fully saturated rings. The average molecular weight is 342 g/mol. The van der Waals surface area contributed by atoms with Crippen LogP contribution >= 0.6 is 23.4 Å². The summed E-state index contributed by atoms with van der Waals surface area (Å²) in [6, 6.07) is 3.66. The van der Waals surface area contributed by atoms with Gasteiger partial charge < -0.3 is 14.4 Å². The number of carbonyl (C=O) groups excluding carboxylic acids is 1. The molecule has 2 aliphatic rings. The molecule has 0 N–H and O–H groups in total. The number of hydrogen-bond donors (Lipinski definition) is 0. The SMILES string of the molecule is C[C@@H]1SCCN(C(=O)c2cc(Cl)c3c(c2)OCCCO3)[C@H]1C. The molecule has 3 rings (SSSR count). The minimum Gasteiger partial charge on any atom is -0.489 e. The zero-order chi connectivity index (χ0) is 15.7. The van der Waals surface area contributed by atoms with Crippen molar-refractivity contribution in [1.29, 1.82) is 0 Å². The second-order valence-corrected chi connectivity index (χ2v) is 7.54. The average Bonchev–Trinajstić information content (AvgIpc) is 2.75. The van der Waals surface area contributed by atoms with Gasteiger partial charge in [-0.3, -0.25) is 4.79 Å². The van der Waals surface area contributed by atoms with E-state index in [0.29, 0.717) is 40.5 Å². The molecule has 2 atom stereocenters. The van der Waals surface area contributed by atoms with E-state index in [1.54, 1.807) is 12.1 Å². The van der Waals surface area contributed by atoms with Crippen LogP contribution in [0.25, 0.3) is 0 Å². The molecule has 0 aromatic heterocycles. The van der Waals surface area contributed by atoms with Gasteiger partial charge in [-0.15, -0.1) is 0 Å². The number of rotatable bonds is 1. The van der Waals surface area contributed by atoms with Gasteiger partial charge in [-0.25, -0.2) is 0 Å². The van der Waals surface area contributed by atoms with Gasteiger partial charge in [0.05, 0.1) is 18.2 Å². The van der Waals surface area contributed by atoms with E-state index in [9.17, 15) is 4.79 Å². The van der Waals surface area contributed by atoms with Crippen molar-refractivity contribution >= 4 is 29.3 Å². The molecule has 2 aliphatic heterocycles. The number of hydrogen-bond acceptors (Lipinski definition) is 4. The second kappa shape index (κ2) is 6.59. The standard InChI is InChI=1S/C16H20ClNO3S/c1-10-11(2)22-7-4-18(10)16(19)12-8-13(17)15-14(9-12)20-5-3-6-21-15/h8-11H,3-7H2,1-2H3/t10-,11-/m0/s1. The number of nitrogens with zero attached hydrogens (tertiary/aromatic N) is 1. The molecule has 1 amide bonds. The lowest BCUT2D eigenvalue weighted by Crippen LogP contribution is -2.47. The van der Waals surface area contributed by atoms with Crippen LogP contribution in [0.15, 0.2) is 12.1 Å². The fourth-order valence-corrected chi connectivity index (χ4v) is 4.10. The summed E-state index contributed by atoms with van der Waals surface area (Å²) in [6.45, 7) is 6.18. The van der Waals surface area contributed by atoms with Crippen LogP contribution in [0.2, 0.25) is 5.02 Å². The fourth-order valence-electron chi connectivity index (χ4n) is 2.74. The summed E-state index contributed by atoms with van der Waals surface area (Å²) in [4.78, 5) is 14.8. The summed E-state index contributed by atoms with van der Waals surface area (Å²) in [6.07, 6.45) is 0.812. The third kappa shape index (κ3) is 3.01. The van der Waals surface area contributed by atoms with Gasteiger partial charge in [0.1, 0.15) is 0 Å². The zero-order valence-electron chi connectivity index (χ0n) is 12.8. The van der Waals surface area contributed by atoms with E-state index in [1.807, 2.05) is 16.7 Å². The van der Waals surface area contributed by atoms with Crippen LogP contribution in [-0.2, 0) is 0 Å². The topological polar surface area (TPSA) is 38.8 Å². The van der Waals surface area contributed by atoms with E-state index in [2.05, 4.69) is 13.8 Å². The minimum atomic E-state index is 0.0113. The minimum absolute atomic E-state index is 0.0113. The molecule has 0 spiro atoms. The number of amides is 1. The molecule has 4 nitrogen and oxygen atoms in total. The molecule has 0 saturated carbocycles. The van der Waals surface area contributed by atoms with Crippen LogP contribution in [0.1, 0.15) is 30.6 Å². The Morgan fingerprint density at radius 2 is 2.09 bits per heavy atom. The van der Waals surface area contributed by atoms with Gasteiger partial charge in [-0.2, -0.15) is 11.8 Å². The van der Waals surface area contributed by atoms with E-state index < -0.39 is 0 Å². The first-order valence-corrected chi connectivity index (χ1v) is 9.02. The Balaban J connectivity index is 1.89. The predicted molar refractivity (Wildman–Crippen MR) is 89.5 cm³/mol. The van der Waals surface area contributed by atoms with Crippen molar-refractivity contribution < 1.29 is 14.3 Å². The Labute approximate surface area is 140 Å². The van der Waals surface area contributed by atoms with Crippen LogP contribution < -0.4 is 9.47 Å². The lowest BCUT2D eigenvalue weighted by Gasteiger charge is -2.37. The normalized spacial score (nSPS) is 24.8. The molecule has 0 aliphatic carbocycles. The fraction of sp³-hybridized carbons (Fsp3) is 0.562. The number of carbonyl (C=O) groups is 1. The van der Waals surface area contributed by atoms with Gasteiger partial charge in [-0.05, 0) is 19.1 Å². The van der Waals surface area contributed by atoms with Gasteiger partial charge in [0.15, 0.2) is 11.5 Å². The Morgan fingerprint density at radius 3 is 2.91 bits per heavy atom. The van der Waals surface area contributed by atoms with Crippen molar-refractivity contribution in [1.82, 2.24) is 4.90 Å². The zero-order valence-corrected chi connectivity index (χ0v) is 14.4. The first-order chi connectivity index (χ1) is 10.6. The molecule has 6 heteroatoms. The van der Waals surface area contributed by atoms with Crippen molar-refractivity contribution in [3.05, 3.63) is 22.7 Å². The van der Waals surface area contributed by atoms with Crippen LogP contribution in [0, 0.1) is 0 Å². The summed E-state index contributed by atoms with van der Waals surface area (Å²) >= 11 is 8.19. The number of halogens is 1. The van der Waals surface area contributed by atoms with Crippen molar-refractivity contribution in [3.8, 4) is 11.5 Å². The molecule has 0 unspecified atom stereocenters. The van der Waals surface area contributed by atoms with Gasteiger partial charge in [0, 0.05) is 35.6 Å². The van der Waals surface area contributed by atoms with E-state index in [1.165, 1.54) is 0 Å². The van der Waals surface area contributed by atoms with E-state index >= 15 is 0 Å². The third-order valence-electron chi connectivity index (χ3n) is 4.19. The maximum atomic E-state index is 12.8. The summed E-state index contributed by atoms with van der Waals surface area (Å²) < 4.78 is 11.3. The molecule has 1 saturated heterocycles. The van der Waals surface area contributed by atoms with Crippen LogP contribution in [0.4, 0.5) is 0 Å². The molecular weight excluding hydrogens is 322 g/mol. The van der Waals surface area contributed by atoms with Crippen molar-refractivity contribution in [2.24, 2.45) is 0 Å². The van der Waals surface area contributed by atoms with E-state index in [0.717, 1.165) is 18.7 Å². The highest BCUT2D eigenvalue weighted by Gasteiger charge is 2.30. The van der Waals surface area contributed by atoms with Crippen LogP contribution in [-0.4, -0.2) is 47.6 Å². The summed E-state index contributed by atoms with van der Waals surface area (Å²) in [7, 11) is 0. The van der Waals surface area contributed by atoms with Crippen molar-refractivity contribution in [2.45, 2.75) is 31.6 Å². The van der Waals surface area contributed by atoms with Gasteiger partial charge in [-0.1, -0.05) is 18.5 Å². The molecule has 22 heavy (non-hydrogen) atoms. The van der Waals surface area contributed by atoms with Crippen molar-refractivity contribution in [3.63, 3.8) is 0 Å². The Morgan fingerprint density at radius 1 is 1.32 bits per heavy atom. The molecule has 1 aromatic carbocycles. The molecular formula is C16H20ClNO3S. The first kappa shape index (κ1) is 15.8.